The Morgan fingerprint density at radius 3 is 2.36 bits per heavy atom. The highest BCUT2D eigenvalue weighted by Gasteiger charge is 2.25. The molecular formula is C21H27ClN2O3S. The molecule has 0 aliphatic heterocycles. The Balaban J connectivity index is 2.21. The van der Waals surface area contributed by atoms with Gasteiger partial charge in [0.15, 0.2) is 0 Å². The summed E-state index contributed by atoms with van der Waals surface area (Å²) in [6.45, 7) is 6.08. The lowest BCUT2D eigenvalue weighted by molar-refractivity contribution is 0.0951. The summed E-state index contributed by atoms with van der Waals surface area (Å²) in [4.78, 5) is 12.7. The number of halogens is 1. The van der Waals surface area contributed by atoms with Gasteiger partial charge in [0.2, 0.25) is 10.0 Å². The topological polar surface area (TPSA) is 66.5 Å². The van der Waals surface area contributed by atoms with E-state index in [0.717, 1.165) is 12.0 Å². The molecule has 7 heteroatoms. The lowest BCUT2D eigenvalue weighted by Gasteiger charge is -2.21. The molecule has 0 fully saturated rings. The first-order valence-corrected chi connectivity index (χ1v) is 11.1. The van der Waals surface area contributed by atoms with Gasteiger partial charge in [-0.15, -0.1) is 0 Å². The average molecular weight is 423 g/mol. The lowest BCUT2D eigenvalue weighted by atomic mass is 9.96. The lowest BCUT2D eigenvalue weighted by Crippen LogP contribution is -2.33. The maximum Gasteiger partial charge on any atom is 0.252 e. The van der Waals surface area contributed by atoms with Gasteiger partial charge in [-0.3, -0.25) is 4.79 Å². The monoisotopic (exact) mass is 422 g/mol. The van der Waals surface area contributed by atoms with Crippen LogP contribution in [0.25, 0.3) is 0 Å². The molecule has 1 amide bonds. The smallest absolute Gasteiger partial charge is 0.252 e. The summed E-state index contributed by atoms with van der Waals surface area (Å²) in [5, 5.41) is 3.11. The van der Waals surface area contributed by atoms with Crippen LogP contribution < -0.4 is 5.32 Å². The molecule has 0 heterocycles. The van der Waals surface area contributed by atoms with Gasteiger partial charge in [-0.1, -0.05) is 48.9 Å². The van der Waals surface area contributed by atoms with Gasteiger partial charge < -0.3 is 5.32 Å². The Bertz CT molecular complexity index is 915. The largest absolute Gasteiger partial charge is 0.351 e. The van der Waals surface area contributed by atoms with Crippen LogP contribution in [0.15, 0.2) is 53.4 Å². The highest BCUT2D eigenvalue weighted by molar-refractivity contribution is 7.89. The Hall–Kier alpha value is -1.89. The van der Waals surface area contributed by atoms with Crippen LogP contribution in [0.1, 0.15) is 49.0 Å². The molecule has 0 aliphatic carbocycles. The molecule has 0 aliphatic rings. The summed E-state index contributed by atoms with van der Waals surface area (Å²) in [6, 6.07) is 14.0. The molecule has 5 nitrogen and oxygen atoms in total. The molecule has 0 radical (unpaired) electrons. The Kier molecular flexibility index (Phi) is 7.63. The molecule has 0 spiro atoms. The first-order valence-electron chi connectivity index (χ1n) is 9.29. The van der Waals surface area contributed by atoms with E-state index in [0.29, 0.717) is 6.54 Å². The van der Waals surface area contributed by atoms with Crippen molar-refractivity contribution in [3.05, 3.63) is 64.7 Å². The summed E-state index contributed by atoms with van der Waals surface area (Å²) in [7, 11) is -2.18. The molecular weight excluding hydrogens is 396 g/mol. The summed E-state index contributed by atoms with van der Waals surface area (Å²) < 4.78 is 26.7. The van der Waals surface area contributed by atoms with E-state index in [1.807, 2.05) is 30.3 Å². The molecule has 0 bridgehead atoms. The molecule has 0 saturated carbocycles. The van der Waals surface area contributed by atoms with Crippen LogP contribution >= 0.6 is 11.6 Å². The zero-order chi connectivity index (χ0) is 20.9. The first-order chi connectivity index (χ1) is 13.2. The molecule has 28 heavy (non-hydrogen) atoms. The Morgan fingerprint density at radius 2 is 1.79 bits per heavy atom. The van der Waals surface area contributed by atoms with E-state index < -0.39 is 10.0 Å². The maximum atomic E-state index is 12.7. The van der Waals surface area contributed by atoms with Crippen LogP contribution in [0.2, 0.25) is 5.02 Å². The van der Waals surface area contributed by atoms with Crippen molar-refractivity contribution in [3.63, 3.8) is 0 Å². The van der Waals surface area contributed by atoms with Crippen molar-refractivity contribution in [2.24, 2.45) is 0 Å². The van der Waals surface area contributed by atoms with Crippen LogP contribution in [0.3, 0.4) is 0 Å². The SMILES string of the molecule is CCC(CNC(=O)c1cc(S(=O)(=O)N(C)C(C)C)ccc1Cl)c1ccccc1. The molecule has 152 valence electrons. The molecule has 2 aromatic carbocycles. The number of carbonyl (C=O) groups is 1. The van der Waals surface area contributed by atoms with Crippen molar-refractivity contribution in [1.29, 1.82) is 0 Å². The third-order valence-corrected chi connectivity index (χ3v) is 7.22. The van der Waals surface area contributed by atoms with Crippen molar-refractivity contribution in [3.8, 4) is 0 Å². The standard InChI is InChI=1S/C21H27ClN2O3S/c1-5-16(17-9-7-6-8-10-17)14-23-21(25)19-13-18(11-12-20(19)22)28(26,27)24(4)15(2)3/h6-13,15-16H,5,14H2,1-4H3,(H,23,25). The number of nitrogens with one attached hydrogen (secondary N) is 1. The van der Waals surface area contributed by atoms with E-state index in [1.165, 1.54) is 29.6 Å². The molecule has 0 saturated heterocycles. The molecule has 1 unspecified atom stereocenters. The van der Waals surface area contributed by atoms with Crippen LogP contribution in [-0.4, -0.2) is 38.3 Å². The summed E-state index contributed by atoms with van der Waals surface area (Å²) in [5.74, 6) is -0.216. The fourth-order valence-electron chi connectivity index (χ4n) is 2.82. The van der Waals surface area contributed by atoms with Gasteiger partial charge in [-0.2, -0.15) is 4.31 Å². The molecule has 2 rings (SSSR count). The number of carbonyl (C=O) groups excluding carboxylic acids is 1. The van der Waals surface area contributed by atoms with Crippen molar-refractivity contribution in [1.82, 2.24) is 9.62 Å². The van der Waals surface area contributed by atoms with E-state index in [-0.39, 0.29) is 33.3 Å². The highest BCUT2D eigenvalue weighted by atomic mass is 35.5. The fourth-order valence-corrected chi connectivity index (χ4v) is 4.41. The summed E-state index contributed by atoms with van der Waals surface area (Å²) >= 11 is 6.18. The van der Waals surface area contributed by atoms with E-state index in [4.69, 9.17) is 11.6 Å². The van der Waals surface area contributed by atoms with Gasteiger partial charge in [-0.25, -0.2) is 8.42 Å². The zero-order valence-corrected chi connectivity index (χ0v) is 18.2. The van der Waals surface area contributed by atoms with Gasteiger partial charge in [0.25, 0.3) is 5.91 Å². The second-order valence-electron chi connectivity index (χ2n) is 6.98. The quantitative estimate of drug-likeness (QED) is 0.689. The number of rotatable bonds is 8. The van der Waals surface area contributed by atoms with E-state index >= 15 is 0 Å². The maximum absolute atomic E-state index is 12.7. The second kappa shape index (κ2) is 9.54. The predicted molar refractivity (Wildman–Crippen MR) is 113 cm³/mol. The van der Waals surface area contributed by atoms with E-state index in [1.54, 1.807) is 13.8 Å². The number of hydrogen-bond donors (Lipinski definition) is 1. The minimum Gasteiger partial charge on any atom is -0.351 e. The van der Waals surface area contributed by atoms with Crippen LogP contribution in [0.5, 0.6) is 0 Å². The average Bonchev–Trinajstić information content (AvgIpc) is 2.68. The van der Waals surface area contributed by atoms with Gasteiger partial charge in [-0.05, 0) is 44.0 Å². The van der Waals surface area contributed by atoms with Crippen molar-refractivity contribution in [2.75, 3.05) is 13.6 Å². The number of sulfonamides is 1. The normalized spacial score (nSPS) is 13.0. The molecule has 2 aromatic rings. The van der Waals surface area contributed by atoms with E-state index in [9.17, 15) is 13.2 Å². The second-order valence-corrected chi connectivity index (χ2v) is 9.39. The summed E-state index contributed by atoms with van der Waals surface area (Å²) in [5.41, 5.74) is 1.30. The highest BCUT2D eigenvalue weighted by Crippen LogP contribution is 2.24. The number of amides is 1. The first kappa shape index (κ1) is 22.4. The number of hydrogen-bond acceptors (Lipinski definition) is 3. The fraction of sp³-hybridized carbons (Fsp3) is 0.381. The number of nitrogens with zero attached hydrogens (tertiary/aromatic N) is 1. The van der Waals surface area contributed by atoms with Gasteiger partial charge >= 0.3 is 0 Å². The van der Waals surface area contributed by atoms with Gasteiger partial charge in [0.1, 0.15) is 0 Å². The van der Waals surface area contributed by atoms with Crippen molar-refractivity contribution >= 4 is 27.5 Å². The van der Waals surface area contributed by atoms with Crippen LogP contribution in [0, 0.1) is 0 Å². The molecule has 1 atom stereocenters. The number of benzene rings is 2. The zero-order valence-electron chi connectivity index (χ0n) is 16.6. The van der Waals surface area contributed by atoms with Gasteiger partial charge in [0.05, 0.1) is 15.5 Å². The van der Waals surface area contributed by atoms with Crippen molar-refractivity contribution in [2.45, 2.75) is 44.0 Å². The van der Waals surface area contributed by atoms with Crippen LogP contribution in [-0.2, 0) is 10.0 Å². The van der Waals surface area contributed by atoms with Crippen molar-refractivity contribution < 1.29 is 13.2 Å². The van der Waals surface area contributed by atoms with Gasteiger partial charge in [0, 0.05) is 25.6 Å². The third-order valence-electron chi connectivity index (χ3n) is 4.86. The molecule has 0 aromatic heterocycles. The Morgan fingerprint density at radius 1 is 1.14 bits per heavy atom. The van der Waals surface area contributed by atoms with E-state index in [2.05, 4.69) is 12.2 Å². The predicted octanol–water partition coefficient (Wildman–Crippen LogP) is 4.29. The third kappa shape index (κ3) is 5.13. The minimum absolute atomic E-state index is 0.0494. The molecule has 1 N–H and O–H groups in total. The Labute approximate surface area is 172 Å². The van der Waals surface area contributed by atoms with Crippen LogP contribution in [0.4, 0.5) is 0 Å². The summed E-state index contributed by atoms with van der Waals surface area (Å²) in [6.07, 6.45) is 0.867. The minimum atomic E-state index is -3.70.